The Kier molecular flexibility index (Phi) is 4.28. The topological polar surface area (TPSA) is 29.0 Å². The molecule has 3 nitrogen and oxygen atoms in total. The Morgan fingerprint density at radius 1 is 1.28 bits per heavy atom. The van der Waals surface area contributed by atoms with Crippen LogP contribution >= 0.6 is 0 Å². The van der Waals surface area contributed by atoms with Crippen LogP contribution in [0.15, 0.2) is 12.3 Å². The highest BCUT2D eigenvalue weighted by Gasteiger charge is 2.11. The zero-order valence-electron chi connectivity index (χ0n) is 11.1. The Balaban J connectivity index is 2.08. The Morgan fingerprint density at radius 2 is 2.00 bits per heavy atom. The van der Waals surface area contributed by atoms with Crippen LogP contribution in [-0.2, 0) is 0 Å². The second kappa shape index (κ2) is 5.94. The lowest BCUT2D eigenvalue weighted by atomic mass is 9.89. The largest absolute Gasteiger partial charge is 0.360 e. The summed E-state index contributed by atoms with van der Waals surface area (Å²) in [6.07, 6.45) is 11.8. The highest BCUT2D eigenvalue weighted by Crippen LogP contribution is 2.25. The molecule has 0 radical (unpaired) electrons. The van der Waals surface area contributed by atoms with Gasteiger partial charge in [0, 0.05) is 14.1 Å². The normalized spacial score (nSPS) is 17.3. The van der Waals surface area contributed by atoms with E-state index < -0.39 is 0 Å². The molecule has 1 aromatic heterocycles. The average molecular weight is 249 g/mol. The van der Waals surface area contributed by atoms with Crippen LogP contribution in [0.5, 0.6) is 0 Å². The molecular formula is C14H20FN3. The first kappa shape index (κ1) is 13.0. The van der Waals surface area contributed by atoms with Crippen LogP contribution in [0.25, 0.3) is 6.08 Å². The van der Waals surface area contributed by atoms with Crippen LogP contribution in [0.2, 0.25) is 0 Å². The number of allylic oxidation sites excluding steroid dienone is 1. The molecule has 0 aliphatic heterocycles. The molecule has 0 amide bonds. The molecule has 1 aliphatic carbocycles. The van der Waals surface area contributed by atoms with Crippen molar-refractivity contribution in [1.29, 1.82) is 0 Å². The molecule has 2 rings (SSSR count). The summed E-state index contributed by atoms with van der Waals surface area (Å²) in [4.78, 5) is 9.88. The quantitative estimate of drug-likeness (QED) is 0.823. The van der Waals surface area contributed by atoms with Gasteiger partial charge in [0.05, 0.1) is 6.20 Å². The second-order valence-electron chi connectivity index (χ2n) is 5.05. The van der Waals surface area contributed by atoms with Crippen molar-refractivity contribution in [2.24, 2.45) is 5.92 Å². The van der Waals surface area contributed by atoms with Gasteiger partial charge in [-0.15, -0.1) is 0 Å². The van der Waals surface area contributed by atoms with Crippen molar-refractivity contribution in [3.05, 3.63) is 23.9 Å². The minimum absolute atomic E-state index is 0.341. The summed E-state index contributed by atoms with van der Waals surface area (Å²) in [5.74, 6) is 1.18. The van der Waals surface area contributed by atoms with Crippen molar-refractivity contribution in [2.75, 3.05) is 19.0 Å². The van der Waals surface area contributed by atoms with E-state index in [1.165, 1.54) is 38.3 Å². The second-order valence-corrected chi connectivity index (χ2v) is 5.05. The molecule has 0 aromatic carbocycles. The molecule has 0 atom stereocenters. The van der Waals surface area contributed by atoms with Crippen molar-refractivity contribution < 1.29 is 4.39 Å². The van der Waals surface area contributed by atoms with Gasteiger partial charge in [0.1, 0.15) is 0 Å². The monoisotopic (exact) mass is 249 g/mol. The maximum Gasteiger partial charge on any atom is 0.183 e. The summed E-state index contributed by atoms with van der Waals surface area (Å²) in [6.45, 7) is 0. The number of hydrogen-bond donors (Lipinski definition) is 0. The average Bonchev–Trinajstić information content (AvgIpc) is 2.38. The number of nitrogens with zero attached hydrogens (tertiary/aromatic N) is 3. The third kappa shape index (κ3) is 3.28. The first-order valence-electron chi connectivity index (χ1n) is 6.55. The molecule has 0 N–H and O–H groups in total. The van der Waals surface area contributed by atoms with Gasteiger partial charge in [0.2, 0.25) is 0 Å². The molecule has 1 heterocycles. The number of rotatable bonds is 3. The fourth-order valence-corrected chi connectivity index (χ4v) is 2.31. The van der Waals surface area contributed by atoms with Gasteiger partial charge in [0.15, 0.2) is 17.5 Å². The lowest BCUT2D eigenvalue weighted by Gasteiger charge is -2.17. The van der Waals surface area contributed by atoms with Crippen LogP contribution in [0.1, 0.15) is 37.9 Å². The molecular weight excluding hydrogens is 229 g/mol. The molecule has 0 bridgehead atoms. The maximum atomic E-state index is 13.4. The van der Waals surface area contributed by atoms with Crippen LogP contribution < -0.4 is 4.90 Å². The van der Waals surface area contributed by atoms with Crippen LogP contribution in [0.3, 0.4) is 0 Å². The van der Waals surface area contributed by atoms with E-state index in [0.29, 0.717) is 17.6 Å². The lowest BCUT2D eigenvalue weighted by molar-refractivity contribution is 0.420. The van der Waals surface area contributed by atoms with E-state index in [-0.39, 0.29) is 5.82 Å². The van der Waals surface area contributed by atoms with Gasteiger partial charge in [-0.1, -0.05) is 25.3 Å². The fourth-order valence-electron chi connectivity index (χ4n) is 2.31. The summed E-state index contributed by atoms with van der Waals surface area (Å²) >= 11 is 0. The molecule has 1 aliphatic rings. The Hall–Kier alpha value is -1.45. The van der Waals surface area contributed by atoms with Crippen molar-refractivity contribution in [3.8, 4) is 0 Å². The van der Waals surface area contributed by atoms with E-state index in [2.05, 4.69) is 16.0 Å². The molecule has 98 valence electrons. The Morgan fingerprint density at radius 3 is 2.67 bits per heavy atom. The Labute approximate surface area is 108 Å². The SMILES string of the molecule is CN(C)c1nc(/C=C/C2CCCCC2)ncc1F. The lowest BCUT2D eigenvalue weighted by Crippen LogP contribution is -2.13. The van der Waals surface area contributed by atoms with E-state index in [1.54, 1.807) is 19.0 Å². The summed E-state index contributed by atoms with van der Waals surface area (Å²) in [6, 6.07) is 0. The van der Waals surface area contributed by atoms with Gasteiger partial charge in [-0.25, -0.2) is 14.4 Å². The standard InChI is InChI=1S/C14H20FN3/c1-18(2)14-12(15)10-16-13(17-14)9-8-11-6-4-3-5-7-11/h8-11H,3-7H2,1-2H3/b9-8+. The van der Waals surface area contributed by atoms with Crippen molar-refractivity contribution >= 4 is 11.9 Å². The van der Waals surface area contributed by atoms with Crippen molar-refractivity contribution in [3.63, 3.8) is 0 Å². The van der Waals surface area contributed by atoms with E-state index in [1.807, 2.05) is 6.08 Å². The first-order chi connectivity index (χ1) is 8.66. The molecule has 0 spiro atoms. The summed E-state index contributed by atoms with van der Waals surface area (Å²) in [7, 11) is 3.56. The molecule has 1 aromatic rings. The van der Waals surface area contributed by atoms with Crippen molar-refractivity contribution in [2.45, 2.75) is 32.1 Å². The minimum Gasteiger partial charge on any atom is -0.360 e. The third-order valence-corrected chi connectivity index (χ3v) is 3.34. The highest BCUT2D eigenvalue weighted by molar-refractivity contribution is 5.46. The van der Waals surface area contributed by atoms with Gasteiger partial charge in [-0.3, -0.25) is 0 Å². The van der Waals surface area contributed by atoms with Crippen LogP contribution in [0, 0.1) is 11.7 Å². The van der Waals surface area contributed by atoms with Crippen LogP contribution in [-0.4, -0.2) is 24.1 Å². The van der Waals surface area contributed by atoms with Crippen molar-refractivity contribution in [1.82, 2.24) is 9.97 Å². The summed E-state index contributed by atoms with van der Waals surface area (Å²) in [5, 5.41) is 0. The number of halogens is 1. The van der Waals surface area contributed by atoms with Gasteiger partial charge >= 0.3 is 0 Å². The van der Waals surface area contributed by atoms with E-state index in [0.717, 1.165) is 0 Å². The first-order valence-corrected chi connectivity index (χ1v) is 6.55. The highest BCUT2D eigenvalue weighted by atomic mass is 19.1. The van der Waals surface area contributed by atoms with Gasteiger partial charge in [0.25, 0.3) is 0 Å². The predicted octanol–water partition coefficient (Wildman–Crippen LogP) is 3.28. The van der Waals surface area contributed by atoms with E-state index in [4.69, 9.17) is 0 Å². The fraction of sp³-hybridized carbons (Fsp3) is 0.571. The van der Waals surface area contributed by atoms with Gasteiger partial charge in [-0.2, -0.15) is 0 Å². The smallest absolute Gasteiger partial charge is 0.183 e. The molecule has 1 fully saturated rings. The molecule has 1 saturated carbocycles. The van der Waals surface area contributed by atoms with Crippen LogP contribution in [0.4, 0.5) is 10.2 Å². The molecule has 0 unspecified atom stereocenters. The van der Waals surface area contributed by atoms with E-state index >= 15 is 0 Å². The molecule has 0 saturated heterocycles. The zero-order chi connectivity index (χ0) is 13.0. The number of anilines is 1. The predicted molar refractivity (Wildman–Crippen MR) is 71.9 cm³/mol. The van der Waals surface area contributed by atoms with Gasteiger partial charge in [-0.05, 0) is 24.8 Å². The van der Waals surface area contributed by atoms with Gasteiger partial charge < -0.3 is 4.90 Å². The third-order valence-electron chi connectivity index (χ3n) is 3.34. The Bertz CT molecular complexity index is 423. The number of aromatic nitrogens is 2. The molecule has 18 heavy (non-hydrogen) atoms. The zero-order valence-corrected chi connectivity index (χ0v) is 11.1. The maximum absolute atomic E-state index is 13.4. The summed E-state index contributed by atoms with van der Waals surface area (Å²) in [5.41, 5.74) is 0. The summed E-state index contributed by atoms with van der Waals surface area (Å²) < 4.78 is 13.4. The van der Waals surface area contributed by atoms with E-state index in [9.17, 15) is 4.39 Å². The molecule has 4 heteroatoms. The number of hydrogen-bond acceptors (Lipinski definition) is 3. The minimum atomic E-state index is -0.380.